The minimum absolute atomic E-state index is 0. The molecule has 1 rings (SSSR count). The van der Waals surface area contributed by atoms with Crippen LogP contribution in [0.3, 0.4) is 0 Å². The normalized spacial score (nSPS) is 13.9. The van der Waals surface area contributed by atoms with E-state index in [1.165, 1.54) is 0 Å². The summed E-state index contributed by atoms with van der Waals surface area (Å²) in [6, 6.07) is 9.51. The Bertz CT molecular complexity index is 438. The van der Waals surface area contributed by atoms with Crippen LogP contribution in [0.1, 0.15) is 45.1 Å². The van der Waals surface area contributed by atoms with Gasteiger partial charge in [-0.25, -0.2) is 0 Å². The van der Waals surface area contributed by atoms with E-state index in [1.54, 1.807) is 0 Å². The first-order valence-corrected chi connectivity index (χ1v) is 7.61. The van der Waals surface area contributed by atoms with Gasteiger partial charge in [-0.2, -0.15) is 0 Å². The molecule has 0 saturated heterocycles. The maximum absolute atomic E-state index is 12.0. The summed E-state index contributed by atoms with van der Waals surface area (Å²) in [7, 11) is 0. The fourth-order valence-electron chi connectivity index (χ4n) is 2.42. The molecule has 4 N–H and O–H groups in total. The lowest BCUT2D eigenvalue weighted by molar-refractivity contribution is -0.122. The van der Waals surface area contributed by atoms with E-state index in [-0.39, 0.29) is 36.3 Å². The molecule has 2 atom stereocenters. The van der Waals surface area contributed by atoms with Crippen LogP contribution in [0.2, 0.25) is 0 Å². The number of carbonyl (C=O) groups is 1. The van der Waals surface area contributed by atoms with Gasteiger partial charge in [0.15, 0.2) is 0 Å². The highest BCUT2D eigenvalue weighted by atomic mass is 35.5. The molecule has 0 spiro atoms. The minimum Gasteiger partial charge on any atom is -0.396 e. The zero-order valence-corrected chi connectivity index (χ0v) is 14.5. The Balaban J connectivity index is 0.00000441. The number of nitrogens with one attached hydrogen (secondary N) is 1. The summed E-state index contributed by atoms with van der Waals surface area (Å²) in [4.78, 5) is 12.0. The Morgan fingerprint density at radius 2 is 1.91 bits per heavy atom. The molecule has 0 heterocycles. The average molecular weight is 329 g/mol. The van der Waals surface area contributed by atoms with Crippen molar-refractivity contribution in [3.8, 4) is 0 Å². The molecule has 0 aliphatic heterocycles. The molecule has 0 aliphatic rings. The monoisotopic (exact) mass is 328 g/mol. The van der Waals surface area contributed by atoms with Gasteiger partial charge in [0.05, 0.1) is 6.04 Å². The minimum atomic E-state index is -0.455. The molecule has 22 heavy (non-hydrogen) atoms. The Hall–Kier alpha value is -1.10. The molecule has 1 aromatic rings. The molecule has 0 bridgehead atoms. The molecule has 5 heteroatoms. The van der Waals surface area contributed by atoms with Crippen molar-refractivity contribution in [2.45, 2.75) is 45.6 Å². The van der Waals surface area contributed by atoms with Crippen molar-refractivity contribution in [2.75, 3.05) is 13.2 Å². The highest BCUT2D eigenvalue weighted by Crippen LogP contribution is 2.34. The molecule has 0 saturated carbocycles. The average Bonchev–Trinajstić information content (AvgIpc) is 2.48. The number of carbonyl (C=O) groups excluding carboxylic acids is 1. The number of nitrogens with two attached hydrogens (primary N) is 1. The lowest BCUT2D eigenvalue weighted by atomic mass is 9.75. The molecule has 1 aromatic carbocycles. The second-order valence-corrected chi connectivity index (χ2v) is 6.25. The summed E-state index contributed by atoms with van der Waals surface area (Å²) in [5.41, 5.74) is 6.63. The largest absolute Gasteiger partial charge is 0.396 e. The quantitative estimate of drug-likeness (QED) is 0.686. The van der Waals surface area contributed by atoms with E-state index in [2.05, 4.69) is 5.32 Å². The third kappa shape index (κ3) is 5.95. The Kier molecular flexibility index (Phi) is 9.33. The Labute approximate surface area is 139 Å². The van der Waals surface area contributed by atoms with Crippen molar-refractivity contribution >= 4 is 18.3 Å². The number of hydrogen-bond donors (Lipinski definition) is 3. The third-order valence-corrected chi connectivity index (χ3v) is 3.97. The molecule has 1 amide bonds. The van der Waals surface area contributed by atoms with Crippen molar-refractivity contribution in [1.29, 1.82) is 0 Å². The summed E-state index contributed by atoms with van der Waals surface area (Å²) in [5.74, 6) is -0.0759. The SMILES string of the molecule is CCCC(N)C(=O)NCC(c1ccccc1)C(C)(C)CO.Cl. The summed E-state index contributed by atoms with van der Waals surface area (Å²) in [6.45, 7) is 6.55. The summed E-state index contributed by atoms with van der Waals surface area (Å²) >= 11 is 0. The Morgan fingerprint density at radius 3 is 2.41 bits per heavy atom. The lowest BCUT2D eigenvalue weighted by Gasteiger charge is -2.33. The number of hydrogen-bond acceptors (Lipinski definition) is 3. The maximum Gasteiger partial charge on any atom is 0.236 e. The molecule has 2 unspecified atom stereocenters. The molecule has 0 aliphatic carbocycles. The standard InChI is InChI=1S/C17H28N2O2.ClH/c1-4-8-15(18)16(21)19-11-14(17(2,3)12-20)13-9-6-5-7-10-13;/h5-7,9-10,14-15,20H,4,8,11-12,18H2,1-3H3,(H,19,21);1H. The van der Waals surface area contributed by atoms with Crippen LogP contribution in [-0.2, 0) is 4.79 Å². The number of halogens is 1. The Morgan fingerprint density at radius 1 is 1.32 bits per heavy atom. The molecule has 0 aromatic heterocycles. The van der Waals surface area contributed by atoms with Gasteiger partial charge in [0.2, 0.25) is 5.91 Å². The van der Waals surface area contributed by atoms with E-state index >= 15 is 0 Å². The maximum atomic E-state index is 12.0. The number of aliphatic hydroxyl groups is 1. The predicted octanol–water partition coefficient (Wildman–Crippen LogP) is 2.45. The second kappa shape index (κ2) is 9.82. The molecular weight excluding hydrogens is 300 g/mol. The number of benzene rings is 1. The fourth-order valence-corrected chi connectivity index (χ4v) is 2.42. The fraction of sp³-hybridized carbons (Fsp3) is 0.588. The van der Waals surface area contributed by atoms with Crippen molar-refractivity contribution in [1.82, 2.24) is 5.32 Å². The first kappa shape index (κ1) is 20.9. The first-order chi connectivity index (χ1) is 9.92. The molecule has 0 fully saturated rings. The van der Waals surface area contributed by atoms with Gasteiger partial charge in [0, 0.05) is 19.1 Å². The van der Waals surface area contributed by atoms with E-state index in [1.807, 2.05) is 51.1 Å². The van der Waals surface area contributed by atoms with E-state index in [4.69, 9.17) is 5.73 Å². The van der Waals surface area contributed by atoms with Gasteiger partial charge in [0.1, 0.15) is 0 Å². The predicted molar refractivity (Wildman–Crippen MR) is 93.2 cm³/mol. The van der Waals surface area contributed by atoms with E-state index < -0.39 is 6.04 Å². The van der Waals surface area contributed by atoms with Gasteiger partial charge in [-0.05, 0) is 17.4 Å². The zero-order chi connectivity index (χ0) is 15.9. The van der Waals surface area contributed by atoms with Gasteiger partial charge >= 0.3 is 0 Å². The summed E-state index contributed by atoms with van der Waals surface area (Å²) in [6.07, 6.45) is 1.57. The van der Waals surface area contributed by atoms with Gasteiger partial charge in [0.25, 0.3) is 0 Å². The third-order valence-electron chi connectivity index (χ3n) is 3.97. The number of amides is 1. The van der Waals surface area contributed by atoms with Gasteiger partial charge in [-0.15, -0.1) is 12.4 Å². The van der Waals surface area contributed by atoms with Crippen LogP contribution in [0.25, 0.3) is 0 Å². The van der Waals surface area contributed by atoms with Crippen molar-refractivity contribution in [3.63, 3.8) is 0 Å². The smallest absolute Gasteiger partial charge is 0.236 e. The van der Waals surface area contributed by atoms with E-state index in [9.17, 15) is 9.90 Å². The lowest BCUT2D eigenvalue weighted by Crippen LogP contribution is -2.44. The van der Waals surface area contributed by atoms with Crippen LogP contribution in [0.4, 0.5) is 0 Å². The number of rotatable bonds is 8. The van der Waals surface area contributed by atoms with E-state index in [0.29, 0.717) is 13.0 Å². The van der Waals surface area contributed by atoms with Gasteiger partial charge in [-0.1, -0.05) is 57.5 Å². The highest BCUT2D eigenvalue weighted by Gasteiger charge is 2.30. The molecule has 4 nitrogen and oxygen atoms in total. The van der Waals surface area contributed by atoms with Crippen LogP contribution in [0, 0.1) is 5.41 Å². The first-order valence-electron chi connectivity index (χ1n) is 7.61. The van der Waals surface area contributed by atoms with Crippen LogP contribution < -0.4 is 11.1 Å². The summed E-state index contributed by atoms with van der Waals surface area (Å²) in [5, 5.41) is 12.6. The zero-order valence-electron chi connectivity index (χ0n) is 13.7. The van der Waals surface area contributed by atoms with Crippen LogP contribution in [0.5, 0.6) is 0 Å². The number of aliphatic hydroxyl groups excluding tert-OH is 1. The molecule has 126 valence electrons. The van der Waals surface area contributed by atoms with Crippen molar-refractivity contribution < 1.29 is 9.90 Å². The topological polar surface area (TPSA) is 75.4 Å². The molecule has 0 radical (unpaired) electrons. The molecular formula is C17H29ClN2O2. The second-order valence-electron chi connectivity index (χ2n) is 6.25. The van der Waals surface area contributed by atoms with E-state index in [0.717, 1.165) is 12.0 Å². The van der Waals surface area contributed by atoms with Crippen LogP contribution in [-0.4, -0.2) is 30.2 Å². The van der Waals surface area contributed by atoms with Gasteiger partial charge in [-0.3, -0.25) is 4.79 Å². The van der Waals surface area contributed by atoms with Crippen molar-refractivity contribution in [3.05, 3.63) is 35.9 Å². The van der Waals surface area contributed by atoms with Crippen LogP contribution >= 0.6 is 12.4 Å². The summed E-state index contributed by atoms with van der Waals surface area (Å²) < 4.78 is 0. The van der Waals surface area contributed by atoms with Crippen molar-refractivity contribution in [2.24, 2.45) is 11.1 Å². The highest BCUT2D eigenvalue weighted by molar-refractivity contribution is 5.85. The van der Waals surface area contributed by atoms with Crippen LogP contribution in [0.15, 0.2) is 30.3 Å². The van der Waals surface area contributed by atoms with Gasteiger partial charge < -0.3 is 16.2 Å².